The van der Waals surface area contributed by atoms with Crippen LogP contribution < -0.4 is 15.2 Å². The number of nitrogens with two attached hydrogens (primary N) is 1. The molecule has 5 heteroatoms. The lowest BCUT2D eigenvalue weighted by Crippen LogP contribution is -1.93. The number of nitrogen functional groups attached to an aromatic ring is 1. The van der Waals surface area contributed by atoms with E-state index in [0.29, 0.717) is 10.8 Å². The average molecular weight is 294 g/mol. The van der Waals surface area contributed by atoms with E-state index >= 15 is 0 Å². The van der Waals surface area contributed by atoms with E-state index in [1.807, 2.05) is 36.4 Å². The third-order valence-corrected chi connectivity index (χ3v) is 4.10. The predicted octanol–water partition coefficient (Wildman–Crippen LogP) is 3.94. The molecule has 2 aromatic carbocycles. The number of benzene rings is 2. The predicted molar refractivity (Wildman–Crippen MR) is 78.0 cm³/mol. The monoisotopic (exact) mass is 293 g/mol. The fourth-order valence-corrected chi connectivity index (χ4v) is 3.06. The molecule has 0 saturated heterocycles. The molecule has 0 amide bonds. The van der Waals surface area contributed by atoms with Crippen molar-refractivity contribution in [3.05, 3.63) is 47.0 Å². The van der Waals surface area contributed by atoms with Gasteiger partial charge in [-0.05, 0) is 35.9 Å². The summed E-state index contributed by atoms with van der Waals surface area (Å²) in [5.74, 6) is 2.16. The van der Waals surface area contributed by atoms with Crippen LogP contribution in [0.25, 0.3) is 0 Å². The number of rotatable bonds is 3. The molecule has 0 bridgehead atoms. The number of fused-ring (bicyclic) bond motifs is 1. The van der Waals surface area contributed by atoms with Crippen molar-refractivity contribution in [3.8, 4) is 11.5 Å². The van der Waals surface area contributed by atoms with Crippen molar-refractivity contribution >= 4 is 29.1 Å². The largest absolute Gasteiger partial charge is 0.454 e. The summed E-state index contributed by atoms with van der Waals surface area (Å²) in [6.07, 6.45) is 0. The molecule has 3 rings (SSSR count). The highest BCUT2D eigenvalue weighted by Gasteiger charge is 2.18. The molecule has 2 N–H and O–H groups in total. The van der Waals surface area contributed by atoms with E-state index in [2.05, 4.69) is 0 Å². The van der Waals surface area contributed by atoms with Gasteiger partial charge in [-0.15, -0.1) is 11.8 Å². The van der Waals surface area contributed by atoms with Crippen LogP contribution in [0, 0.1) is 0 Å². The lowest BCUT2D eigenvalue weighted by atomic mass is 10.2. The standard InChI is InChI=1S/C14H12ClNO2S/c15-12-4-9(5-13-14(12)18-8-17-13)7-19-11-3-1-2-10(16)6-11/h1-6H,7-8,16H2. The molecule has 0 aliphatic carbocycles. The van der Waals surface area contributed by atoms with Gasteiger partial charge < -0.3 is 15.2 Å². The van der Waals surface area contributed by atoms with Crippen LogP contribution in [0.2, 0.25) is 5.02 Å². The average Bonchev–Trinajstić information content (AvgIpc) is 2.85. The first kappa shape index (κ1) is 12.5. The summed E-state index contributed by atoms with van der Waals surface area (Å²) in [5, 5.41) is 0.596. The Balaban J connectivity index is 1.76. The second-order valence-electron chi connectivity index (χ2n) is 4.17. The third-order valence-electron chi connectivity index (χ3n) is 2.75. The van der Waals surface area contributed by atoms with Gasteiger partial charge in [0.15, 0.2) is 11.5 Å². The summed E-state index contributed by atoms with van der Waals surface area (Å²) in [6.45, 7) is 0.237. The fraction of sp³-hybridized carbons (Fsp3) is 0.143. The number of anilines is 1. The highest BCUT2D eigenvalue weighted by Crippen LogP contribution is 2.40. The molecule has 1 aliphatic heterocycles. The van der Waals surface area contributed by atoms with E-state index in [1.165, 1.54) is 0 Å². The topological polar surface area (TPSA) is 44.5 Å². The Morgan fingerprint density at radius 2 is 2.11 bits per heavy atom. The van der Waals surface area contributed by atoms with Crippen molar-refractivity contribution < 1.29 is 9.47 Å². The van der Waals surface area contributed by atoms with Gasteiger partial charge in [0.2, 0.25) is 6.79 Å². The van der Waals surface area contributed by atoms with Gasteiger partial charge in [-0.2, -0.15) is 0 Å². The minimum Gasteiger partial charge on any atom is -0.454 e. The Bertz CT molecular complexity index is 618. The molecule has 0 radical (unpaired) electrons. The quantitative estimate of drug-likeness (QED) is 0.687. The Morgan fingerprint density at radius 1 is 1.21 bits per heavy atom. The zero-order valence-electron chi connectivity index (χ0n) is 10.1. The van der Waals surface area contributed by atoms with Crippen molar-refractivity contribution in [2.75, 3.05) is 12.5 Å². The number of hydrogen-bond donors (Lipinski definition) is 1. The summed E-state index contributed by atoms with van der Waals surface area (Å²) in [5.41, 5.74) is 7.63. The molecule has 98 valence electrons. The molecular formula is C14H12ClNO2S. The summed E-state index contributed by atoms with van der Waals surface area (Å²) in [7, 11) is 0. The number of hydrogen-bond acceptors (Lipinski definition) is 4. The first-order valence-electron chi connectivity index (χ1n) is 5.79. The lowest BCUT2D eigenvalue weighted by molar-refractivity contribution is 0.174. The van der Waals surface area contributed by atoms with Crippen LogP contribution in [0.4, 0.5) is 5.69 Å². The molecule has 0 atom stereocenters. The molecule has 0 unspecified atom stereocenters. The van der Waals surface area contributed by atoms with Crippen molar-refractivity contribution in [2.45, 2.75) is 10.6 Å². The van der Waals surface area contributed by atoms with Gasteiger partial charge in [0.1, 0.15) is 0 Å². The molecule has 1 heterocycles. The summed E-state index contributed by atoms with van der Waals surface area (Å²) in [6, 6.07) is 11.7. The second-order valence-corrected chi connectivity index (χ2v) is 5.63. The van der Waals surface area contributed by atoms with Crippen molar-refractivity contribution in [1.29, 1.82) is 0 Å². The lowest BCUT2D eigenvalue weighted by Gasteiger charge is -2.06. The second kappa shape index (κ2) is 5.23. The first-order valence-corrected chi connectivity index (χ1v) is 7.15. The number of ether oxygens (including phenoxy) is 2. The van der Waals surface area contributed by atoms with Gasteiger partial charge >= 0.3 is 0 Å². The molecule has 19 heavy (non-hydrogen) atoms. The molecule has 0 fully saturated rings. The van der Waals surface area contributed by atoms with E-state index in [9.17, 15) is 0 Å². The Hall–Kier alpha value is -1.52. The smallest absolute Gasteiger partial charge is 0.231 e. The van der Waals surface area contributed by atoms with Crippen molar-refractivity contribution in [2.24, 2.45) is 0 Å². The maximum absolute atomic E-state index is 6.15. The van der Waals surface area contributed by atoms with Crippen LogP contribution in [-0.2, 0) is 5.75 Å². The maximum atomic E-state index is 6.15. The third kappa shape index (κ3) is 2.74. The van der Waals surface area contributed by atoms with E-state index in [-0.39, 0.29) is 6.79 Å². The van der Waals surface area contributed by atoms with E-state index in [4.69, 9.17) is 26.8 Å². The molecule has 1 aliphatic rings. The summed E-state index contributed by atoms with van der Waals surface area (Å²) >= 11 is 7.85. The Labute approximate surface area is 120 Å². The van der Waals surface area contributed by atoms with Crippen LogP contribution >= 0.6 is 23.4 Å². The molecular weight excluding hydrogens is 282 g/mol. The number of thioether (sulfide) groups is 1. The van der Waals surface area contributed by atoms with Crippen LogP contribution in [0.15, 0.2) is 41.3 Å². The minimum absolute atomic E-state index is 0.237. The molecule has 0 aromatic heterocycles. The Morgan fingerprint density at radius 3 is 2.95 bits per heavy atom. The Kier molecular flexibility index (Phi) is 3.44. The zero-order chi connectivity index (χ0) is 13.2. The SMILES string of the molecule is Nc1cccc(SCc2cc(Cl)c3c(c2)OCO3)c1. The van der Waals surface area contributed by atoms with Crippen LogP contribution in [0.3, 0.4) is 0 Å². The molecule has 2 aromatic rings. The van der Waals surface area contributed by atoms with Crippen LogP contribution in [0.5, 0.6) is 11.5 Å². The van der Waals surface area contributed by atoms with Gasteiger partial charge in [-0.25, -0.2) is 0 Å². The molecule has 0 saturated carbocycles. The van der Waals surface area contributed by atoms with Gasteiger partial charge in [0.25, 0.3) is 0 Å². The van der Waals surface area contributed by atoms with Gasteiger partial charge in [0, 0.05) is 16.3 Å². The van der Waals surface area contributed by atoms with E-state index in [0.717, 1.165) is 27.6 Å². The van der Waals surface area contributed by atoms with Crippen LogP contribution in [-0.4, -0.2) is 6.79 Å². The minimum atomic E-state index is 0.237. The summed E-state index contributed by atoms with van der Waals surface area (Å²) in [4.78, 5) is 1.13. The number of halogens is 1. The first-order chi connectivity index (χ1) is 9.22. The van der Waals surface area contributed by atoms with E-state index < -0.39 is 0 Å². The fourth-order valence-electron chi connectivity index (χ4n) is 1.88. The zero-order valence-corrected chi connectivity index (χ0v) is 11.6. The van der Waals surface area contributed by atoms with Gasteiger partial charge in [-0.1, -0.05) is 17.7 Å². The van der Waals surface area contributed by atoms with Crippen molar-refractivity contribution in [1.82, 2.24) is 0 Å². The molecule has 3 nitrogen and oxygen atoms in total. The molecule has 0 spiro atoms. The van der Waals surface area contributed by atoms with E-state index in [1.54, 1.807) is 11.8 Å². The summed E-state index contributed by atoms with van der Waals surface area (Å²) < 4.78 is 10.6. The normalized spacial score (nSPS) is 12.7. The van der Waals surface area contributed by atoms with Gasteiger partial charge in [-0.3, -0.25) is 0 Å². The van der Waals surface area contributed by atoms with Crippen LogP contribution in [0.1, 0.15) is 5.56 Å². The highest BCUT2D eigenvalue weighted by molar-refractivity contribution is 7.98. The van der Waals surface area contributed by atoms with Crippen molar-refractivity contribution in [3.63, 3.8) is 0 Å². The highest BCUT2D eigenvalue weighted by atomic mass is 35.5. The maximum Gasteiger partial charge on any atom is 0.231 e. The van der Waals surface area contributed by atoms with Gasteiger partial charge in [0.05, 0.1) is 5.02 Å².